The Kier molecular flexibility index (Phi) is 3.69. The number of benzene rings is 2. The first kappa shape index (κ1) is 13.3. The summed E-state index contributed by atoms with van der Waals surface area (Å²) in [5, 5.41) is 0. The first-order valence-electron chi connectivity index (χ1n) is 5.99. The van der Waals surface area contributed by atoms with E-state index in [-0.39, 0.29) is 11.4 Å². The van der Waals surface area contributed by atoms with Gasteiger partial charge in [0.15, 0.2) is 11.6 Å². The van der Waals surface area contributed by atoms with Gasteiger partial charge in [-0.05, 0) is 24.6 Å². The highest BCUT2D eigenvalue weighted by atomic mass is 19.2. The monoisotopic (exact) mass is 262 g/mol. The molecule has 4 heteroatoms. The number of halogens is 2. The van der Waals surface area contributed by atoms with Gasteiger partial charge in [0.1, 0.15) is 0 Å². The van der Waals surface area contributed by atoms with Crippen LogP contribution in [0.25, 0.3) is 0 Å². The average Bonchev–Trinajstić information content (AvgIpc) is 2.37. The molecule has 0 amide bonds. The quantitative estimate of drug-likeness (QED) is 0.858. The van der Waals surface area contributed by atoms with Crippen LogP contribution in [0.3, 0.4) is 0 Å². The van der Waals surface area contributed by atoms with Gasteiger partial charge in [-0.15, -0.1) is 0 Å². The van der Waals surface area contributed by atoms with Gasteiger partial charge >= 0.3 is 0 Å². The Bertz CT molecular complexity index is 579. The molecule has 0 unspecified atom stereocenters. The molecular weight excluding hydrogens is 246 g/mol. The lowest BCUT2D eigenvalue weighted by Gasteiger charge is -2.22. The summed E-state index contributed by atoms with van der Waals surface area (Å²) in [6.07, 6.45) is 0. The van der Waals surface area contributed by atoms with Crippen molar-refractivity contribution in [2.75, 3.05) is 17.7 Å². The van der Waals surface area contributed by atoms with Crippen LogP contribution in [0.5, 0.6) is 0 Å². The van der Waals surface area contributed by atoms with Crippen LogP contribution < -0.4 is 10.6 Å². The molecule has 0 heterocycles. The number of nitrogens with two attached hydrogens (primary N) is 1. The number of nitrogen functional groups attached to an aromatic ring is 1. The fourth-order valence-corrected chi connectivity index (χ4v) is 1.99. The van der Waals surface area contributed by atoms with Crippen molar-refractivity contribution in [2.45, 2.75) is 13.5 Å². The third-order valence-corrected chi connectivity index (χ3v) is 3.02. The molecule has 0 aliphatic rings. The molecule has 0 saturated heterocycles. The van der Waals surface area contributed by atoms with Crippen LogP contribution in [0.15, 0.2) is 36.4 Å². The van der Waals surface area contributed by atoms with Crippen LogP contribution in [0.4, 0.5) is 20.2 Å². The predicted molar refractivity (Wildman–Crippen MR) is 74.1 cm³/mol. The smallest absolute Gasteiger partial charge is 0.184 e. The second-order valence-electron chi connectivity index (χ2n) is 4.64. The lowest BCUT2D eigenvalue weighted by molar-refractivity contribution is 0.508. The van der Waals surface area contributed by atoms with Gasteiger partial charge in [-0.1, -0.05) is 29.8 Å². The second-order valence-corrected chi connectivity index (χ2v) is 4.64. The second kappa shape index (κ2) is 5.26. The number of nitrogens with zero attached hydrogens (tertiary/aromatic N) is 1. The molecular formula is C15H16F2N2. The molecule has 0 bridgehead atoms. The Morgan fingerprint density at radius 1 is 1.05 bits per heavy atom. The molecule has 19 heavy (non-hydrogen) atoms. The highest BCUT2D eigenvalue weighted by Crippen LogP contribution is 2.28. The number of rotatable bonds is 3. The van der Waals surface area contributed by atoms with Crippen molar-refractivity contribution in [1.29, 1.82) is 0 Å². The van der Waals surface area contributed by atoms with E-state index >= 15 is 0 Å². The van der Waals surface area contributed by atoms with Crippen molar-refractivity contribution >= 4 is 11.4 Å². The summed E-state index contributed by atoms with van der Waals surface area (Å²) >= 11 is 0. The Morgan fingerprint density at radius 3 is 2.32 bits per heavy atom. The number of hydrogen-bond acceptors (Lipinski definition) is 2. The van der Waals surface area contributed by atoms with E-state index in [9.17, 15) is 8.78 Å². The maximum absolute atomic E-state index is 13.8. The minimum absolute atomic E-state index is 0.0978. The topological polar surface area (TPSA) is 29.3 Å². The lowest BCUT2D eigenvalue weighted by atomic mass is 10.1. The van der Waals surface area contributed by atoms with Crippen molar-refractivity contribution in [1.82, 2.24) is 0 Å². The van der Waals surface area contributed by atoms with Crippen LogP contribution in [-0.2, 0) is 6.54 Å². The number of hydrogen-bond donors (Lipinski definition) is 1. The van der Waals surface area contributed by atoms with E-state index in [1.807, 2.05) is 31.2 Å². The maximum atomic E-state index is 13.8. The molecule has 0 fully saturated rings. The summed E-state index contributed by atoms with van der Waals surface area (Å²) in [4.78, 5) is 1.61. The van der Waals surface area contributed by atoms with E-state index < -0.39 is 11.6 Å². The molecule has 100 valence electrons. The van der Waals surface area contributed by atoms with Gasteiger partial charge in [-0.3, -0.25) is 0 Å². The van der Waals surface area contributed by atoms with Crippen LogP contribution in [0.2, 0.25) is 0 Å². The summed E-state index contributed by atoms with van der Waals surface area (Å²) in [6, 6.07) is 10.3. The summed E-state index contributed by atoms with van der Waals surface area (Å²) in [6.45, 7) is 2.46. The largest absolute Gasteiger partial charge is 0.397 e. The molecule has 0 aromatic heterocycles. The minimum atomic E-state index is -0.908. The highest BCUT2D eigenvalue weighted by Gasteiger charge is 2.15. The molecule has 0 spiro atoms. The van der Waals surface area contributed by atoms with Gasteiger partial charge < -0.3 is 10.6 Å². The average molecular weight is 262 g/mol. The van der Waals surface area contributed by atoms with E-state index in [0.29, 0.717) is 6.54 Å². The molecule has 2 aromatic rings. The molecule has 0 radical (unpaired) electrons. The molecule has 2 aromatic carbocycles. The fraction of sp³-hybridized carbons (Fsp3) is 0.200. The van der Waals surface area contributed by atoms with Crippen LogP contribution in [0.1, 0.15) is 11.1 Å². The predicted octanol–water partition coefficient (Wildman–Crippen LogP) is 3.49. The summed E-state index contributed by atoms with van der Waals surface area (Å²) in [7, 11) is 1.69. The van der Waals surface area contributed by atoms with E-state index in [1.54, 1.807) is 11.9 Å². The Hall–Kier alpha value is -2.10. The van der Waals surface area contributed by atoms with E-state index in [1.165, 1.54) is 6.07 Å². The standard InChI is InChI=1S/C15H16F2N2/c1-10-3-5-11(6-4-10)9-19(2)15-13(18)8-7-12(16)14(15)17/h3-8H,9,18H2,1-2H3. The fourth-order valence-electron chi connectivity index (χ4n) is 1.99. The molecule has 0 aliphatic heterocycles. The first-order valence-corrected chi connectivity index (χ1v) is 5.99. The van der Waals surface area contributed by atoms with Gasteiger partial charge in [0.05, 0.1) is 11.4 Å². The van der Waals surface area contributed by atoms with Gasteiger partial charge in [-0.25, -0.2) is 8.78 Å². The van der Waals surface area contributed by atoms with Crippen molar-refractivity contribution in [2.24, 2.45) is 0 Å². The van der Waals surface area contributed by atoms with E-state index in [4.69, 9.17) is 5.73 Å². The normalized spacial score (nSPS) is 10.5. The number of anilines is 2. The highest BCUT2D eigenvalue weighted by molar-refractivity contribution is 5.68. The SMILES string of the molecule is Cc1ccc(CN(C)c2c(N)ccc(F)c2F)cc1. The zero-order valence-electron chi connectivity index (χ0n) is 11.0. The van der Waals surface area contributed by atoms with E-state index in [2.05, 4.69) is 0 Å². The van der Waals surface area contributed by atoms with Crippen molar-refractivity contribution in [3.8, 4) is 0 Å². The van der Waals surface area contributed by atoms with Crippen molar-refractivity contribution in [3.05, 3.63) is 59.2 Å². The zero-order chi connectivity index (χ0) is 14.0. The summed E-state index contributed by atoms with van der Waals surface area (Å²) in [5.41, 5.74) is 8.21. The Balaban J connectivity index is 2.27. The van der Waals surface area contributed by atoms with Crippen LogP contribution >= 0.6 is 0 Å². The van der Waals surface area contributed by atoms with Gasteiger partial charge in [0.25, 0.3) is 0 Å². The first-order chi connectivity index (χ1) is 8.99. The van der Waals surface area contributed by atoms with Gasteiger partial charge in [-0.2, -0.15) is 0 Å². The van der Waals surface area contributed by atoms with Gasteiger partial charge in [0, 0.05) is 13.6 Å². The van der Waals surface area contributed by atoms with Crippen LogP contribution in [-0.4, -0.2) is 7.05 Å². The zero-order valence-corrected chi connectivity index (χ0v) is 11.0. The summed E-state index contributed by atoms with van der Waals surface area (Å²) < 4.78 is 27.0. The molecule has 0 aliphatic carbocycles. The van der Waals surface area contributed by atoms with Crippen LogP contribution in [0, 0.1) is 18.6 Å². The summed E-state index contributed by atoms with van der Waals surface area (Å²) in [5.74, 6) is -1.80. The molecule has 0 saturated carbocycles. The van der Waals surface area contributed by atoms with Crippen molar-refractivity contribution in [3.63, 3.8) is 0 Å². The molecule has 2 nitrogen and oxygen atoms in total. The third kappa shape index (κ3) is 2.84. The van der Waals surface area contributed by atoms with E-state index in [0.717, 1.165) is 17.2 Å². The Morgan fingerprint density at radius 2 is 1.68 bits per heavy atom. The maximum Gasteiger partial charge on any atom is 0.184 e. The number of aryl methyl sites for hydroxylation is 1. The van der Waals surface area contributed by atoms with Gasteiger partial charge in [0.2, 0.25) is 0 Å². The van der Waals surface area contributed by atoms with Crippen molar-refractivity contribution < 1.29 is 8.78 Å². The third-order valence-electron chi connectivity index (χ3n) is 3.02. The molecule has 2 N–H and O–H groups in total. The lowest BCUT2D eigenvalue weighted by Crippen LogP contribution is -2.19. The Labute approximate surface area is 111 Å². The molecule has 0 atom stereocenters. The molecule has 2 rings (SSSR count). The minimum Gasteiger partial charge on any atom is -0.397 e.